The molecule has 0 radical (unpaired) electrons. The highest BCUT2D eigenvalue weighted by Gasteiger charge is 2.41. The van der Waals surface area contributed by atoms with Crippen LogP contribution >= 0.6 is 11.3 Å². The van der Waals surface area contributed by atoms with E-state index in [4.69, 9.17) is 0 Å². The molecule has 0 bridgehead atoms. The maximum atomic E-state index is 4.61. The Labute approximate surface area is 134 Å². The zero-order valence-corrected chi connectivity index (χ0v) is 15.0. The highest BCUT2D eigenvalue weighted by Crippen LogP contribution is 2.35. The van der Waals surface area contributed by atoms with E-state index in [2.05, 4.69) is 55.2 Å². The van der Waals surface area contributed by atoms with E-state index in [1.165, 1.54) is 17.8 Å². The number of rotatable bonds is 6. The van der Waals surface area contributed by atoms with Crippen LogP contribution < -0.4 is 5.32 Å². The lowest BCUT2D eigenvalue weighted by Gasteiger charge is -2.51. The van der Waals surface area contributed by atoms with E-state index in [9.17, 15) is 0 Å². The highest BCUT2D eigenvalue weighted by atomic mass is 32.1. The molecule has 0 saturated carbocycles. The van der Waals surface area contributed by atoms with Gasteiger partial charge in [0.1, 0.15) is 5.01 Å². The van der Waals surface area contributed by atoms with E-state index in [-0.39, 0.29) is 5.54 Å². The normalized spacial score (nSPS) is 24.4. The molecule has 0 aromatic carbocycles. The van der Waals surface area contributed by atoms with Crippen LogP contribution in [0.3, 0.4) is 0 Å². The quantitative estimate of drug-likeness (QED) is 0.858. The summed E-state index contributed by atoms with van der Waals surface area (Å²) in [7, 11) is 0. The van der Waals surface area contributed by atoms with Crippen LogP contribution in [0.4, 0.5) is 0 Å². The zero-order chi connectivity index (χ0) is 15.5. The minimum absolute atomic E-state index is 0.274. The SMILES string of the molecule is CCC(c1nccs1)N1CC(CC)(CC)NCC1C(C)C. The number of hydrogen-bond donors (Lipinski definition) is 1. The van der Waals surface area contributed by atoms with Crippen molar-refractivity contribution < 1.29 is 0 Å². The van der Waals surface area contributed by atoms with Crippen molar-refractivity contribution in [3.8, 4) is 0 Å². The van der Waals surface area contributed by atoms with Gasteiger partial charge in [-0.3, -0.25) is 4.90 Å². The van der Waals surface area contributed by atoms with Gasteiger partial charge >= 0.3 is 0 Å². The molecule has 2 unspecified atom stereocenters. The molecule has 1 aliphatic heterocycles. The summed E-state index contributed by atoms with van der Waals surface area (Å²) < 4.78 is 0. The predicted octanol–water partition coefficient (Wildman–Crippen LogP) is 4.08. The monoisotopic (exact) mass is 309 g/mol. The van der Waals surface area contributed by atoms with Gasteiger partial charge in [-0.15, -0.1) is 11.3 Å². The van der Waals surface area contributed by atoms with E-state index in [1.54, 1.807) is 11.3 Å². The first-order valence-corrected chi connectivity index (χ1v) is 9.35. The lowest BCUT2D eigenvalue weighted by atomic mass is 9.85. The Morgan fingerprint density at radius 1 is 1.38 bits per heavy atom. The topological polar surface area (TPSA) is 28.2 Å². The van der Waals surface area contributed by atoms with Crippen molar-refractivity contribution in [2.45, 2.75) is 71.5 Å². The van der Waals surface area contributed by atoms with E-state index in [0.29, 0.717) is 18.0 Å². The molecule has 1 aromatic rings. The second kappa shape index (κ2) is 7.21. The molecule has 1 fully saturated rings. The Bertz CT molecular complexity index is 412. The molecule has 0 spiro atoms. The van der Waals surface area contributed by atoms with Crippen LogP contribution in [0.2, 0.25) is 0 Å². The van der Waals surface area contributed by atoms with Crippen LogP contribution in [0.1, 0.15) is 64.9 Å². The van der Waals surface area contributed by atoms with Crippen molar-refractivity contribution >= 4 is 11.3 Å². The molecule has 0 amide bonds. The van der Waals surface area contributed by atoms with Crippen LogP contribution in [-0.4, -0.2) is 34.6 Å². The van der Waals surface area contributed by atoms with Gasteiger partial charge in [0.2, 0.25) is 0 Å². The van der Waals surface area contributed by atoms with E-state index in [1.807, 2.05) is 6.20 Å². The summed E-state index contributed by atoms with van der Waals surface area (Å²) in [5, 5.41) is 7.25. The second-order valence-corrected chi connectivity index (χ2v) is 7.57. The molecule has 2 atom stereocenters. The molecular formula is C17H31N3S. The fourth-order valence-electron chi connectivity index (χ4n) is 3.59. The molecule has 2 heterocycles. The number of nitrogens with zero attached hydrogens (tertiary/aromatic N) is 2. The minimum Gasteiger partial charge on any atom is -0.308 e. The fourth-order valence-corrected chi connectivity index (χ4v) is 4.44. The number of hydrogen-bond acceptors (Lipinski definition) is 4. The number of aromatic nitrogens is 1. The van der Waals surface area contributed by atoms with Crippen molar-refractivity contribution in [2.75, 3.05) is 13.1 Å². The third kappa shape index (κ3) is 3.49. The van der Waals surface area contributed by atoms with Crippen molar-refractivity contribution in [1.82, 2.24) is 15.2 Å². The van der Waals surface area contributed by atoms with Gasteiger partial charge in [-0.25, -0.2) is 4.98 Å². The van der Waals surface area contributed by atoms with Gasteiger partial charge in [0.25, 0.3) is 0 Å². The van der Waals surface area contributed by atoms with Crippen molar-refractivity contribution in [3.63, 3.8) is 0 Å². The third-order valence-corrected chi connectivity index (χ3v) is 6.12. The molecule has 3 nitrogen and oxygen atoms in total. The van der Waals surface area contributed by atoms with Gasteiger partial charge in [-0.2, -0.15) is 0 Å². The summed E-state index contributed by atoms with van der Waals surface area (Å²) in [6.45, 7) is 13.9. The molecule has 0 aliphatic carbocycles. The first-order valence-electron chi connectivity index (χ1n) is 8.47. The Kier molecular flexibility index (Phi) is 5.81. The van der Waals surface area contributed by atoms with Crippen LogP contribution in [0.5, 0.6) is 0 Å². The Hall–Kier alpha value is -0.450. The standard InChI is InChI=1S/C17H31N3S/c1-6-14(16-18-9-10-21-16)20-12-17(7-2,8-3)19-11-15(20)13(4)5/h9-10,13-15,19H,6-8,11-12H2,1-5H3. The molecule has 1 aliphatic rings. The maximum absolute atomic E-state index is 4.61. The van der Waals surface area contributed by atoms with Gasteiger partial charge < -0.3 is 5.32 Å². The maximum Gasteiger partial charge on any atom is 0.110 e. The average molecular weight is 310 g/mol. The lowest BCUT2D eigenvalue weighted by Crippen LogP contribution is -2.65. The van der Waals surface area contributed by atoms with Crippen LogP contribution in [0.15, 0.2) is 11.6 Å². The van der Waals surface area contributed by atoms with Gasteiger partial charge in [0.05, 0.1) is 6.04 Å². The number of thiazole rings is 1. The van der Waals surface area contributed by atoms with Crippen molar-refractivity contribution in [3.05, 3.63) is 16.6 Å². The highest BCUT2D eigenvalue weighted by molar-refractivity contribution is 7.09. The molecule has 2 rings (SSSR count). The first kappa shape index (κ1) is 16.9. The van der Waals surface area contributed by atoms with Crippen LogP contribution in [-0.2, 0) is 0 Å². The second-order valence-electron chi connectivity index (χ2n) is 6.65. The average Bonchev–Trinajstić information content (AvgIpc) is 3.01. The summed E-state index contributed by atoms with van der Waals surface area (Å²) in [5.74, 6) is 0.665. The molecule has 1 N–H and O–H groups in total. The van der Waals surface area contributed by atoms with Gasteiger partial charge in [0, 0.05) is 36.2 Å². The van der Waals surface area contributed by atoms with Crippen LogP contribution in [0, 0.1) is 5.92 Å². The Morgan fingerprint density at radius 2 is 2.10 bits per heavy atom. The number of piperazine rings is 1. The first-order chi connectivity index (χ1) is 10.1. The lowest BCUT2D eigenvalue weighted by molar-refractivity contribution is 0.0143. The third-order valence-electron chi connectivity index (χ3n) is 5.24. The zero-order valence-electron chi connectivity index (χ0n) is 14.2. The van der Waals surface area contributed by atoms with E-state index >= 15 is 0 Å². The summed E-state index contributed by atoms with van der Waals surface area (Å²) in [5.41, 5.74) is 0.274. The van der Waals surface area contributed by atoms with Gasteiger partial charge in [0.15, 0.2) is 0 Å². The van der Waals surface area contributed by atoms with Crippen molar-refractivity contribution in [1.29, 1.82) is 0 Å². The molecular weight excluding hydrogens is 278 g/mol. The van der Waals surface area contributed by atoms with Gasteiger partial charge in [-0.1, -0.05) is 34.6 Å². The molecule has 21 heavy (non-hydrogen) atoms. The number of nitrogens with one attached hydrogen (secondary N) is 1. The van der Waals surface area contributed by atoms with E-state index in [0.717, 1.165) is 19.5 Å². The Balaban J connectivity index is 2.28. The summed E-state index contributed by atoms with van der Waals surface area (Å²) >= 11 is 1.81. The van der Waals surface area contributed by atoms with Crippen LogP contribution in [0.25, 0.3) is 0 Å². The summed E-state index contributed by atoms with van der Waals surface area (Å²) in [6.07, 6.45) is 5.47. The summed E-state index contributed by atoms with van der Waals surface area (Å²) in [6, 6.07) is 1.07. The van der Waals surface area contributed by atoms with E-state index < -0.39 is 0 Å². The summed E-state index contributed by atoms with van der Waals surface area (Å²) in [4.78, 5) is 7.36. The smallest absolute Gasteiger partial charge is 0.110 e. The fraction of sp³-hybridized carbons (Fsp3) is 0.824. The van der Waals surface area contributed by atoms with Gasteiger partial charge in [-0.05, 0) is 25.2 Å². The molecule has 4 heteroatoms. The van der Waals surface area contributed by atoms with Crippen molar-refractivity contribution in [2.24, 2.45) is 5.92 Å². The predicted molar refractivity (Wildman–Crippen MR) is 91.8 cm³/mol. The molecule has 1 saturated heterocycles. The largest absolute Gasteiger partial charge is 0.308 e. The minimum atomic E-state index is 0.274. The molecule has 1 aromatic heterocycles. The molecule has 120 valence electrons. The Morgan fingerprint density at radius 3 is 2.57 bits per heavy atom.